The number of esters is 1. The second kappa shape index (κ2) is 10.2. The molecule has 0 aromatic rings. The van der Waals surface area contributed by atoms with Gasteiger partial charge in [0, 0.05) is 36.9 Å². The lowest BCUT2D eigenvalue weighted by Gasteiger charge is -2.22. The van der Waals surface area contributed by atoms with Crippen molar-refractivity contribution in [1.82, 2.24) is 10.4 Å². The normalized spacial score (nSPS) is 17.5. The molecule has 3 N–H and O–H groups in total. The van der Waals surface area contributed by atoms with Crippen LogP contribution in [0.5, 0.6) is 0 Å². The van der Waals surface area contributed by atoms with Crippen LogP contribution in [0.15, 0.2) is 50.3 Å². The van der Waals surface area contributed by atoms with Gasteiger partial charge in [-0.3, -0.25) is 20.2 Å². The Morgan fingerprint density at radius 3 is 2.96 bits per heavy atom. The highest BCUT2D eigenvalue weighted by Gasteiger charge is 2.08. The van der Waals surface area contributed by atoms with Gasteiger partial charge in [0.2, 0.25) is 5.96 Å². The molecule has 1 aliphatic heterocycles. The van der Waals surface area contributed by atoms with E-state index >= 15 is 0 Å². The van der Waals surface area contributed by atoms with Crippen molar-refractivity contribution in [2.24, 2.45) is 20.7 Å². The summed E-state index contributed by atoms with van der Waals surface area (Å²) in [7, 11) is 0. The van der Waals surface area contributed by atoms with Crippen LogP contribution in [0.3, 0.4) is 0 Å². The Labute approximate surface area is 146 Å². The molecule has 0 saturated heterocycles. The smallest absolute Gasteiger partial charge is 0.327 e. The number of allylic oxidation sites excluding steroid dienone is 3. The molecule has 1 heterocycles. The lowest BCUT2D eigenvalue weighted by Crippen LogP contribution is -2.38. The summed E-state index contributed by atoms with van der Waals surface area (Å²) in [6.45, 7) is 8.29. The summed E-state index contributed by atoms with van der Waals surface area (Å²) < 4.78 is 4.78. The monoisotopic (exact) mass is 352 g/mol. The third-order valence-electron chi connectivity index (χ3n) is 2.66. The van der Waals surface area contributed by atoms with Crippen LogP contribution in [0.25, 0.3) is 0 Å². The molecule has 0 saturated carbocycles. The number of nitrogens with one attached hydrogen (secondary N) is 1. The summed E-state index contributed by atoms with van der Waals surface area (Å²) in [5.41, 5.74) is 9.39. The molecule has 0 aromatic carbocycles. The summed E-state index contributed by atoms with van der Waals surface area (Å²) >= 11 is 6.07. The number of hydrogen-bond donors (Lipinski definition) is 2. The van der Waals surface area contributed by atoms with Crippen LogP contribution in [-0.2, 0) is 9.53 Å². The van der Waals surface area contributed by atoms with Crippen molar-refractivity contribution in [2.75, 3.05) is 19.7 Å². The molecule has 0 fully saturated rings. The van der Waals surface area contributed by atoms with E-state index in [0.717, 1.165) is 0 Å². The van der Waals surface area contributed by atoms with Gasteiger partial charge in [0.1, 0.15) is 12.2 Å². The third kappa shape index (κ3) is 6.66. The van der Waals surface area contributed by atoms with E-state index in [2.05, 4.69) is 27.0 Å². The molecule has 8 nitrogen and oxygen atoms in total. The molecule has 0 aromatic heterocycles. The van der Waals surface area contributed by atoms with E-state index in [1.807, 2.05) is 6.92 Å². The van der Waals surface area contributed by atoms with Crippen LogP contribution in [-0.4, -0.2) is 49.1 Å². The second-order valence-electron chi connectivity index (χ2n) is 4.46. The van der Waals surface area contributed by atoms with Crippen molar-refractivity contribution in [3.63, 3.8) is 0 Å². The van der Waals surface area contributed by atoms with Crippen LogP contribution in [0, 0.1) is 0 Å². The molecule has 1 rings (SSSR count). The van der Waals surface area contributed by atoms with Crippen molar-refractivity contribution >= 4 is 36.0 Å². The van der Waals surface area contributed by atoms with Crippen LogP contribution in [0.2, 0.25) is 0 Å². The first-order valence-corrected chi connectivity index (χ1v) is 7.67. The Balaban J connectivity index is 2.87. The van der Waals surface area contributed by atoms with Gasteiger partial charge in [-0.2, -0.15) is 0 Å². The minimum atomic E-state index is -0.423. The fourth-order valence-electron chi connectivity index (χ4n) is 1.49. The topological polar surface area (TPSA) is 105 Å². The lowest BCUT2D eigenvalue weighted by molar-refractivity contribution is -0.141. The molecular weight excluding hydrogens is 332 g/mol. The molecule has 0 atom stereocenters. The van der Waals surface area contributed by atoms with Crippen LogP contribution >= 0.6 is 11.6 Å². The zero-order chi connectivity index (χ0) is 17.9. The van der Waals surface area contributed by atoms with Crippen LogP contribution in [0.1, 0.15) is 13.8 Å². The average molecular weight is 353 g/mol. The maximum Gasteiger partial charge on any atom is 0.327 e. The first-order chi connectivity index (χ1) is 11.5. The highest BCUT2D eigenvalue weighted by molar-refractivity contribution is 6.34. The summed E-state index contributed by atoms with van der Waals surface area (Å²) in [6, 6.07) is 0. The molecule has 24 heavy (non-hydrogen) atoms. The van der Waals surface area contributed by atoms with Crippen molar-refractivity contribution in [2.45, 2.75) is 13.8 Å². The summed E-state index contributed by atoms with van der Waals surface area (Å²) in [6.07, 6.45) is 5.80. The minimum absolute atomic E-state index is 0.108. The number of hydrogen-bond acceptors (Lipinski definition) is 6. The van der Waals surface area contributed by atoms with E-state index in [1.54, 1.807) is 18.1 Å². The minimum Gasteiger partial charge on any atom is -0.465 e. The maximum absolute atomic E-state index is 11.2. The van der Waals surface area contributed by atoms with Crippen LogP contribution < -0.4 is 11.2 Å². The highest BCUT2D eigenvalue weighted by Crippen LogP contribution is 2.13. The number of hydrazine groups is 1. The maximum atomic E-state index is 11.2. The molecule has 0 amide bonds. The van der Waals surface area contributed by atoms with Gasteiger partial charge in [0.15, 0.2) is 0 Å². The number of halogens is 1. The lowest BCUT2D eigenvalue weighted by atomic mass is 10.3. The molecule has 130 valence electrons. The van der Waals surface area contributed by atoms with E-state index < -0.39 is 5.97 Å². The average Bonchev–Trinajstić information content (AvgIpc) is 2.56. The summed E-state index contributed by atoms with van der Waals surface area (Å²) in [4.78, 5) is 23.6. The highest BCUT2D eigenvalue weighted by atomic mass is 35.5. The Bertz CT molecular complexity index is 621. The van der Waals surface area contributed by atoms with E-state index in [9.17, 15) is 4.79 Å². The van der Waals surface area contributed by atoms with E-state index in [0.29, 0.717) is 29.5 Å². The van der Waals surface area contributed by atoms with Crippen LogP contribution in [0.4, 0.5) is 0 Å². The number of carbonyl (C=O) groups is 1. The van der Waals surface area contributed by atoms with Gasteiger partial charge in [-0.05, 0) is 13.8 Å². The molecular formula is C15H21ClN6O2. The molecule has 0 spiro atoms. The largest absolute Gasteiger partial charge is 0.465 e. The quantitative estimate of drug-likeness (QED) is 0.554. The summed E-state index contributed by atoms with van der Waals surface area (Å²) in [5, 5.41) is 2.17. The van der Waals surface area contributed by atoms with Gasteiger partial charge in [0.25, 0.3) is 0 Å². The second-order valence-corrected chi connectivity index (χ2v) is 4.87. The van der Waals surface area contributed by atoms with Gasteiger partial charge in [0.05, 0.1) is 11.6 Å². The Kier molecular flexibility index (Phi) is 8.28. The molecule has 0 unspecified atom stereocenters. The SMILES string of the molecule is C=C1C=NC(=NC(C=NCC(=O)OCC)=CN)NN(CC)C=C1Cl. The summed E-state index contributed by atoms with van der Waals surface area (Å²) in [5.74, 6) is -0.147. The van der Waals surface area contributed by atoms with Gasteiger partial charge in [-0.15, -0.1) is 0 Å². The first kappa shape index (κ1) is 19.4. The molecule has 0 radical (unpaired) electrons. The number of guanidine groups is 1. The number of rotatable bonds is 6. The third-order valence-corrected chi connectivity index (χ3v) is 3.00. The molecule has 0 aliphatic carbocycles. The Morgan fingerprint density at radius 2 is 2.33 bits per heavy atom. The molecule has 0 bridgehead atoms. The van der Waals surface area contributed by atoms with E-state index in [1.165, 1.54) is 18.6 Å². The molecule has 9 heteroatoms. The van der Waals surface area contributed by atoms with Crippen molar-refractivity contribution in [3.8, 4) is 0 Å². The fourth-order valence-corrected chi connectivity index (χ4v) is 1.65. The van der Waals surface area contributed by atoms with Crippen molar-refractivity contribution in [3.05, 3.63) is 35.3 Å². The predicted molar refractivity (Wildman–Crippen MR) is 96.8 cm³/mol. The van der Waals surface area contributed by atoms with Gasteiger partial charge < -0.3 is 10.5 Å². The van der Waals surface area contributed by atoms with Gasteiger partial charge in [-0.1, -0.05) is 18.2 Å². The molecule has 1 aliphatic rings. The Hall–Kier alpha value is -2.61. The number of aliphatic imine (C=N–C) groups is 3. The number of ether oxygens (including phenoxy) is 1. The first-order valence-electron chi connectivity index (χ1n) is 7.30. The number of nitrogens with two attached hydrogens (primary N) is 1. The van der Waals surface area contributed by atoms with E-state index in [-0.39, 0.29) is 12.5 Å². The fraction of sp³-hybridized carbons (Fsp3) is 0.333. The number of nitrogens with zero attached hydrogens (tertiary/aromatic N) is 4. The zero-order valence-corrected chi connectivity index (χ0v) is 14.5. The zero-order valence-electron chi connectivity index (χ0n) is 13.7. The Morgan fingerprint density at radius 1 is 1.58 bits per heavy atom. The van der Waals surface area contributed by atoms with Crippen molar-refractivity contribution < 1.29 is 9.53 Å². The standard InChI is InChI=1S/C15H21ClN6O2/c1-4-22-10-13(16)11(3)7-19-15(21-22)20-12(6-17)8-18-9-14(23)24-5-2/h6-8,10H,3-5,9,17H2,1-2H3,(H,20,21). The van der Waals surface area contributed by atoms with E-state index in [4.69, 9.17) is 22.1 Å². The van der Waals surface area contributed by atoms with Gasteiger partial charge in [-0.25, -0.2) is 9.98 Å². The van der Waals surface area contributed by atoms with Crippen molar-refractivity contribution in [1.29, 1.82) is 0 Å². The number of carbonyl (C=O) groups excluding carboxylic acids is 1. The predicted octanol–water partition coefficient (Wildman–Crippen LogP) is 1.32. The van der Waals surface area contributed by atoms with Gasteiger partial charge >= 0.3 is 5.97 Å².